The van der Waals surface area contributed by atoms with Crippen LogP contribution in [0.25, 0.3) is 11.4 Å². The van der Waals surface area contributed by atoms with Gasteiger partial charge in [0.05, 0.1) is 0 Å². The number of nitrogens with zero attached hydrogens (tertiary/aromatic N) is 2. The molecule has 2 saturated carbocycles. The molecule has 0 amide bonds. The molecule has 1 aromatic carbocycles. The normalized spacial score (nSPS) is 19.0. The van der Waals surface area contributed by atoms with Gasteiger partial charge in [0.1, 0.15) is 5.82 Å². The van der Waals surface area contributed by atoms with Crippen LogP contribution in [0.4, 0.5) is 5.82 Å². The van der Waals surface area contributed by atoms with Crippen molar-refractivity contribution in [3.63, 3.8) is 0 Å². The van der Waals surface area contributed by atoms with Crippen molar-refractivity contribution in [3.05, 3.63) is 41.6 Å². The first kappa shape index (κ1) is 12.8. The second-order valence-corrected chi connectivity index (χ2v) is 6.42. The number of anilines is 1. The lowest BCUT2D eigenvalue weighted by Crippen LogP contribution is -2.03. The Morgan fingerprint density at radius 2 is 1.57 bits per heavy atom. The lowest BCUT2D eigenvalue weighted by molar-refractivity contribution is 0.696. The van der Waals surface area contributed by atoms with Crippen LogP contribution in [-0.4, -0.2) is 9.97 Å². The highest BCUT2D eigenvalue weighted by atomic mass is 14.9. The first-order valence-corrected chi connectivity index (χ1v) is 8.04. The Kier molecular flexibility index (Phi) is 3.13. The summed E-state index contributed by atoms with van der Waals surface area (Å²) in [6.45, 7) is 0. The minimum absolute atomic E-state index is 0.569. The van der Waals surface area contributed by atoms with Gasteiger partial charge in [0.2, 0.25) is 0 Å². The summed E-state index contributed by atoms with van der Waals surface area (Å²) in [4.78, 5) is 9.22. The highest BCUT2D eigenvalue weighted by Crippen LogP contribution is 2.40. The summed E-state index contributed by atoms with van der Waals surface area (Å²) in [7, 11) is 0. The van der Waals surface area contributed by atoms with Crippen molar-refractivity contribution in [2.24, 2.45) is 0 Å². The summed E-state index contributed by atoms with van der Waals surface area (Å²) >= 11 is 0. The van der Waals surface area contributed by atoms with Gasteiger partial charge in [-0.25, -0.2) is 9.97 Å². The fourth-order valence-corrected chi connectivity index (χ4v) is 3.37. The van der Waals surface area contributed by atoms with E-state index in [1.807, 2.05) is 6.07 Å². The third kappa shape index (κ3) is 2.65. The summed E-state index contributed by atoms with van der Waals surface area (Å²) in [6, 6.07) is 10.7. The van der Waals surface area contributed by atoms with Crippen molar-refractivity contribution >= 4 is 5.82 Å². The van der Waals surface area contributed by atoms with E-state index < -0.39 is 0 Å². The molecule has 2 aliphatic rings. The predicted octanol–water partition coefficient (Wildman–Crippen LogP) is 4.26. The molecule has 0 aliphatic heterocycles. The first-order valence-electron chi connectivity index (χ1n) is 8.04. The zero-order chi connectivity index (χ0) is 14.2. The topological polar surface area (TPSA) is 51.8 Å². The molecule has 0 spiro atoms. The van der Waals surface area contributed by atoms with E-state index in [2.05, 4.69) is 29.2 Å². The van der Waals surface area contributed by atoms with Crippen LogP contribution in [0, 0.1) is 0 Å². The number of nitrogens with two attached hydrogens (primary N) is 1. The number of nitrogen functional groups attached to an aromatic ring is 1. The fraction of sp³-hybridized carbons (Fsp3) is 0.444. The summed E-state index contributed by atoms with van der Waals surface area (Å²) < 4.78 is 0. The van der Waals surface area contributed by atoms with E-state index in [1.54, 1.807) is 0 Å². The van der Waals surface area contributed by atoms with Crippen molar-refractivity contribution in [2.75, 3.05) is 5.73 Å². The highest BCUT2D eigenvalue weighted by Gasteiger charge is 2.23. The zero-order valence-corrected chi connectivity index (χ0v) is 12.3. The Bertz CT molecular complexity index is 638. The van der Waals surface area contributed by atoms with Crippen LogP contribution in [0.3, 0.4) is 0 Å². The number of aromatic nitrogens is 2. The average Bonchev–Trinajstić information content (AvgIpc) is 3.21. The largest absolute Gasteiger partial charge is 0.384 e. The van der Waals surface area contributed by atoms with Crippen LogP contribution in [-0.2, 0) is 0 Å². The molecule has 108 valence electrons. The van der Waals surface area contributed by atoms with Crippen molar-refractivity contribution in [1.29, 1.82) is 0 Å². The Labute approximate surface area is 125 Å². The summed E-state index contributed by atoms with van der Waals surface area (Å²) in [6.07, 6.45) is 7.74. The molecule has 2 aromatic rings. The van der Waals surface area contributed by atoms with E-state index in [9.17, 15) is 0 Å². The number of hydrogen-bond acceptors (Lipinski definition) is 3. The molecule has 1 heterocycles. The molecule has 2 fully saturated rings. The molecule has 3 heteroatoms. The second-order valence-electron chi connectivity index (χ2n) is 6.42. The summed E-state index contributed by atoms with van der Waals surface area (Å²) in [5.41, 5.74) is 9.65. The van der Waals surface area contributed by atoms with Crippen molar-refractivity contribution < 1.29 is 0 Å². The maximum atomic E-state index is 6.00. The molecule has 2 N–H and O–H groups in total. The van der Waals surface area contributed by atoms with Gasteiger partial charge in [-0.15, -0.1) is 0 Å². The van der Waals surface area contributed by atoms with Gasteiger partial charge in [0.25, 0.3) is 0 Å². The van der Waals surface area contributed by atoms with E-state index in [1.165, 1.54) is 44.1 Å². The van der Waals surface area contributed by atoms with Gasteiger partial charge in [-0.05, 0) is 37.2 Å². The average molecular weight is 279 g/mol. The lowest BCUT2D eigenvalue weighted by atomic mass is 10.0. The highest BCUT2D eigenvalue weighted by molar-refractivity contribution is 5.58. The van der Waals surface area contributed by atoms with Crippen molar-refractivity contribution in [2.45, 2.75) is 50.4 Å². The van der Waals surface area contributed by atoms with Gasteiger partial charge in [-0.2, -0.15) is 0 Å². The molecule has 4 rings (SSSR count). The molecular formula is C18H21N3. The third-order valence-corrected chi connectivity index (χ3v) is 4.76. The third-order valence-electron chi connectivity index (χ3n) is 4.76. The molecule has 0 unspecified atom stereocenters. The Morgan fingerprint density at radius 1 is 0.857 bits per heavy atom. The molecule has 0 radical (unpaired) electrons. The molecule has 2 aliphatic carbocycles. The van der Waals surface area contributed by atoms with Crippen LogP contribution in [0.1, 0.15) is 61.6 Å². The number of benzene rings is 1. The van der Waals surface area contributed by atoms with E-state index in [0.717, 1.165) is 23.0 Å². The van der Waals surface area contributed by atoms with Crippen LogP contribution >= 0.6 is 0 Å². The van der Waals surface area contributed by atoms with Gasteiger partial charge in [0, 0.05) is 23.2 Å². The van der Waals surface area contributed by atoms with E-state index >= 15 is 0 Å². The second kappa shape index (κ2) is 5.14. The van der Waals surface area contributed by atoms with E-state index in [0.29, 0.717) is 11.7 Å². The Hall–Kier alpha value is -1.90. The SMILES string of the molecule is Nc1cc(C2CCCC2)nc(-c2ccc(C3CC3)cc2)n1. The molecule has 0 saturated heterocycles. The van der Waals surface area contributed by atoms with Crippen molar-refractivity contribution in [3.8, 4) is 11.4 Å². The Morgan fingerprint density at radius 3 is 2.24 bits per heavy atom. The lowest BCUT2D eigenvalue weighted by Gasteiger charge is -2.11. The predicted molar refractivity (Wildman–Crippen MR) is 85.1 cm³/mol. The van der Waals surface area contributed by atoms with Gasteiger partial charge in [-0.3, -0.25) is 0 Å². The minimum atomic E-state index is 0.569. The van der Waals surface area contributed by atoms with Gasteiger partial charge >= 0.3 is 0 Å². The molecule has 0 bridgehead atoms. The summed E-state index contributed by atoms with van der Waals surface area (Å²) in [5.74, 6) is 2.72. The van der Waals surface area contributed by atoms with Crippen LogP contribution in [0.15, 0.2) is 30.3 Å². The quantitative estimate of drug-likeness (QED) is 0.913. The first-order chi connectivity index (χ1) is 10.3. The van der Waals surface area contributed by atoms with E-state index in [4.69, 9.17) is 10.7 Å². The molecule has 0 atom stereocenters. The van der Waals surface area contributed by atoms with Gasteiger partial charge in [-0.1, -0.05) is 37.1 Å². The van der Waals surface area contributed by atoms with Gasteiger partial charge < -0.3 is 5.73 Å². The van der Waals surface area contributed by atoms with Gasteiger partial charge in [0.15, 0.2) is 5.82 Å². The van der Waals surface area contributed by atoms with E-state index in [-0.39, 0.29) is 0 Å². The van der Waals surface area contributed by atoms with Crippen LogP contribution in [0.5, 0.6) is 0 Å². The fourth-order valence-electron chi connectivity index (χ4n) is 3.37. The smallest absolute Gasteiger partial charge is 0.161 e. The summed E-state index contributed by atoms with van der Waals surface area (Å²) in [5, 5.41) is 0. The molecule has 1 aromatic heterocycles. The molecule has 21 heavy (non-hydrogen) atoms. The van der Waals surface area contributed by atoms with Crippen LogP contribution in [0.2, 0.25) is 0 Å². The Balaban J connectivity index is 1.66. The molecule has 3 nitrogen and oxygen atoms in total. The number of hydrogen-bond donors (Lipinski definition) is 1. The minimum Gasteiger partial charge on any atom is -0.384 e. The zero-order valence-electron chi connectivity index (χ0n) is 12.3. The monoisotopic (exact) mass is 279 g/mol. The standard InChI is InChI=1S/C18H21N3/c19-17-11-16(14-3-1-2-4-14)20-18(21-17)15-9-7-13(8-10-15)12-5-6-12/h7-12,14H,1-6H2,(H2,19,20,21). The van der Waals surface area contributed by atoms with Crippen molar-refractivity contribution in [1.82, 2.24) is 9.97 Å². The van der Waals surface area contributed by atoms with Crippen LogP contribution < -0.4 is 5.73 Å². The number of rotatable bonds is 3. The maximum absolute atomic E-state index is 6.00. The molecular weight excluding hydrogens is 258 g/mol. The maximum Gasteiger partial charge on any atom is 0.161 e.